The summed E-state index contributed by atoms with van der Waals surface area (Å²) < 4.78 is 0. The molecule has 0 spiro atoms. The van der Waals surface area contributed by atoms with Crippen LogP contribution >= 0.6 is 23.2 Å². The van der Waals surface area contributed by atoms with Crippen molar-refractivity contribution in [1.82, 2.24) is 5.32 Å². The average molecular weight is 316 g/mol. The lowest BCUT2D eigenvalue weighted by atomic mass is 10.0. The smallest absolute Gasteiger partial charge is 0.305 e. The predicted octanol–water partition coefficient (Wildman–Crippen LogP) is 3.38. The van der Waals surface area contributed by atoms with Crippen LogP contribution in [0.25, 0.3) is 6.08 Å². The third-order valence-corrected chi connectivity index (χ3v) is 3.12. The summed E-state index contributed by atoms with van der Waals surface area (Å²) in [7, 11) is 0. The molecule has 108 valence electrons. The molecule has 0 saturated heterocycles. The Bertz CT molecular complexity index is 533. The van der Waals surface area contributed by atoms with Gasteiger partial charge in [0, 0.05) is 27.2 Å². The molecule has 1 amide bonds. The van der Waals surface area contributed by atoms with Crippen LogP contribution in [0, 0.1) is 0 Å². The number of aliphatic carboxylic acids is 1. The molecule has 4 nitrogen and oxygen atoms in total. The lowest BCUT2D eigenvalue weighted by molar-refractivity contribution is -0.138. The van der Waals surface area contributed by atoms with Gasteiger partial charge in [-0.2, -0.15) is 0 Å². The van der Waals surface area contributed by atoms with E-state index < -0.39 is 17.4 Å². The van der Waals surface area contributed by atoms with Crippen molar-refractivity contribution in [3.05, 3.63) is 39.9 Å². The highest BCUT2D eigenvalue weighted by atomic mass is 35.5. The topological polar surface area (TPSA) is 66.4 Å². The predicted molar refractivity (Wildman–Crippen MR) is 80.0 cm³/mol. The van der Waals surface area contributed by atoms with Gasteiger partial charge in [-0.3, -0.25) is 9.59 Å². The van der Waals surface area contributed by atoms with Crippen LogP contribution < -0.4 is 5.32 Å². The molecule has 0 aromatic heterocycles. The van der Waals surface area contributed by atoms with Crippen LogP contribution in [0.5, 0.6) is 0 Å². The molecule has 0 atom stereocenters. The Balaban J connectivity index is 2.76. The lowest BCUT2D eigenvalue weighted by Crippen LogP contribution is -2.44. The van der Waals surface area contributed by atoms with Gasteiger partial charge in [-0.1, -0.05) is 29.3 Å². The summed E-state index contributed by atoms with van der Waals surface area (Å²) in [5, 5.41) is 12.2. The van der Waals surface area contributed by atoms with Gasteiger partial charge in [0.05, 0.1) is 6.42 Å². The van der Waals surface area contributed by atoms with Crippen molar-refractivity contribution in [2.24, 2.45) is 0 Å². The average Bonchev–Trinajstić information content (AvgIpc) is 2.25. The molecule has 0 radical (unpaired) electrons. The number of carboxylic acids is 1. The molecule has 2 N–H and O–H groups in total. The Morgan fingerprint density at radius 3 is 2.35 bits per heavy atom. The molecular weight excluding hydrogens is 301 g/mol. The highest BCUT2D eigenvalue weighted by Gasteiger charge is 2.22. The highest BCUT2D eigenvalue weighted by Crippen LogP contribution is 2.25. The second-order valence-corrected chi connectivity index (χ2v) is 5.73. The molecule has 20 heavy (non-hydrogen) atoms. The standard InChI is InChI=1S/C14H15Cl2NO3/c1-14(2,8-13(19)20)17-12(18)7-6-9-10(15)4-3-5-11(9)16/h3-7H,8H2,1-2H3,(H,17,18)(H,19,20). The van der Waals surface area contributed by atoms with Crippen LogP contribution in [0.1, 0.15) is 25.8 Å². The van der Waals surface area contributed by atoms with E-state index in [0.717, 1.165) is 0 Å². The zero-order chi connectivity index (χ0) is 15.3. The first-order valence-electron chi connectivity index (χ1n) is 5.87. The molecule has 1 rings (SSSR count). The molecule has 0 fully saturated rings. The SMILES string of the molecule is CC(C)(CC(=O)O)NC(=O)C=Cc1c(Cl)cccc1Cl. The van der Waals surface area contributed by atoms with Crippen LogP contribution in [0.2, 0.25) is 10.0 Å². The minimum atomic E-state index is -0.978. The van der Waals surface area contributed by atoms with Gasteiger partial charge >= 0.3 is 5.97 Å². The minimum Gasteiger partial charge on any atom is -0.481 e. The Hall–Kier alpha value is -1.52. The van der Waals surface area contributed by atoms with Gasteiger partial charge in [0.15, 0.2) is 0 Å². The lowest BCUT2D eigenvalue weighted by Gasteiger charge is -2.23. The van der Waals surface area contributed by atoms with Crippen LogP contribution in [0.15, 0.2) is 24.3 Å². The van der Waals surface area contributed by atoms with Crippen LogP contribution in [0.3, 0.4) is 0 Å². The maximum absolute atomic E-state index is 11.8. The summed E-state index contributed by atoms with van der Waals surface area (Å²) in [4.78, 5) is 22.4. The zero-order valence-corrected chi connectivity index (χ0v) is 12.6. The van der Waals surface area contributed by atoms with Crippen molar-refractivity contribution in [1.29, 1.82) is 0 Å². The Morgan fingerprint density at radius 2 is 1.85 bits per heavy atom. The minimum absolute atomic E-state index is 0.167. The van der Waals surface area contributed by atoms with E-state index >= 15 is 0 Å². The molecule has 0 unspecified atom stereocenters. The van der Waals surface area contributed by atoms with Gasteiger partial charge in [-0.05, 0) is 32.1 Å². The normalized spacial score (nSPS) is 11.6. The van der Waals surface area contributed by atoms with E-state index in [1.54, 1.807) is 32.0 Å². The van der Waals surface area contributed by atoms with Gasteiger partial charge in [-0.15, -0.1) is 0 Å². The third-order valence-electron chi connectivity index (χ3n) is 2.46. The summed E-state index contributed by atoms with van der Waals surface area (Å²) in [5.74, 6) is -1.39. The number of nitrogens with one attached hydrogen (secondary N) is 1. The second-order valence-electron chi connectivity index (χ2n) is 4.91. The van der Waals surface area contributed by atoms with Crippen molar-refractivity contribution < 1.29 is 14.7 Å². The van der Waals surface area contributed by atoms with Crippen LogP contribution in [-0.2, 0) is 9.59 Å². The van der Waals surface area contributed by atoms with E-state index in [0.29, 0.717) is 15.6 Å². The molecule has 0 aliphatic heterocycles. The number of rotatable bonds is 5. The Labute approximate surface area is 127 Å². The number of carboxylic acid groups (broad SMARTS) is 1. The first kappa shape index (κ1) is 16.5. The van der Waals surface area contributed by atoms with Crippen LogP contribution in [0.4, 0.5) is 0 Å². The van der Waals surface area contributed by atoms with Gasteiger partial charge in [-0.25, -0.2) is 0 Å². The summed E-state index contributed by atoms with van der Waals surface area (Å²) in [6.45, 7) is 3.27. The van der Waals surface area contributed by atoms with E-state index in [-0.39, 0.29) is 6.42 Å². The number of carbonyl (C=O) groups excluding carboxylic acids is 1. The Morgan fingerprint density at radius 1 is 1.30 bits per heavy atom. The maximum atomic E-state index is 11.8. The molecule has 0 aliphatic rings. The van der Waals surface area contributed by atoms with E-state index in [1.807, 2.05) is 0 Å². The van der Waals surface area contributed by atoms with E-state index in [9.17, 15) is 9.59 Å². The van der Waals surface area contributed by atoms with Crippen molar-refractivity contribution in [2.45, 2.75) is 25.8 Å². The molecule has 6 heteroatoms. The Kier molecular flexibility index (Phi) is 5.60. The highest BCUT2D eigenvalue weighted by molar-refractivity contribution is 6.37. The number of carbonyl (C=O) groups is 2. The fourth-order valence-electron chi connectivity index (χ4n) is 1.63. The van der Waals surface area contributed by atoms with Crippen molar-refractivity contribution >= 4 is 41.2 Å². The van der Waals surface area contributed by atoms with Crippen LogP contribution in [-0.4, -0.2) is 22.5 Å². The monoisotopic (exact) mass is 315 g/mol. The van der Waals surface area contributed by atoms with Gasteiger partial charge in [0.25, 0.3) is 0 Å². The summed E-state index contributed by atoms with van der Waals surface area (Å²) in [5.41, 5.74) is -0.292. The maximum Gasteiger partial charge on any atom is 0.305 e. The number of amides is 1. The fraction of sp³-hybridized carbons (Fsp3) is 0.286. The fourth-order valence-corrected chi connectivity index (χ4v) is 2.15. The number of hydrogen-bond donors (Lipinski definition) is 2. The second kappa shape index (κ2) is 6.77. The molecular formula is C14H15Cl2NO3. The molecule has 0 bridgehead atoms. The zero-order valence-electron chi connectivity index (χ0n) is 11.1. The van der Waals surface area contributed by atoms with Crippen molar-refractivity contribution in [3.8, 4) is 0 Å². The quantitative estimate of drug-likeness (QED) is 0.819. The summed E-state index contributed by atoms with van der Waals surface area (Å²) >= 11 is 11.9. The third kappa shape index (κ3) is 5.23. The molecule has 0 aliphatic carbocycles. The molecule has 1 aromatic rings. The first-order chi connectivity index (χ1) is 9.21. The molecule has 0 saturated carbocycles. The molecule has 0 heterocycles. The van der Waals surface area contributed by atoms with E-state index in [4.69, 9.17) is 28.3 Å². The van der Waals surface area contributed by atoms with E-state index in [1.165, 1.54) is 12.2 Å². The van der Waals surface area contributed by atoms with Gasteiger partial charge in [0.1, 0.15) is 0 Å². The number of benzene rings is 1. The van der Waals surface area contributed by atoms with Crippen molar-refractivity contribution in [3.63, 3.8) is 0 Å². The summed E-state index contributed by atoms with van der Waals surface area (Å²) in [6, 6.07) is 5.04. The largest absolute Gasteiger partial charge is 0.481 e. The van der Waals surface area contributed by atoms with E-state index in [2.05, 4.69) is 5.32 Å². The van der Waals surface area contributed by atoms with Crippen molar-refractivity contribution in [2.75, 3.05) is 0 Å². The van der Waals surface area contributed by atoms with Gasteiger partial charge in [0.2, 0.25) is 5.91 Å². The summed E-state index contributed by atoms with van der Waals surface area (Å²) in [6.07, 6.45) is 2.60. The molecule has 1 aromatic carbocycles. The first-order valence-corrected chi connectivity index (χ1v) is 6.63. The number of halogens is 2. The number of hydrogen-bond acceptors (Lipinski definition) is 2. The van der Waals surface area contributed by atoms with Gasteiger partial charge < -0.3 is 10.4 Å².